The summed E-state index contributed by atoms with van der Waals surface area (Å²) in [6.45, 7) is 1.09. The van der Waals surface area contributed by atoms with Crippen molar-refractivity contribution in [3.63, 3.8) is 0 Å². The standard InChI is InChI=1S/C9H11BrO3S/c1-8-4-2-3-5-9(8)14(11,12)13-7-6-10/h2-5H,6-7H2,1H3/i6D2. The molecule has 0 amide bonds. The molecule has 0 aliphatic heterocycles. The van der Waals surface area contributed by atoms with Crippen molar-refractivity contribution in [1.29, 1.82) is 0 Å². The normalized spacial score (nSPS) is 14.7. The number of hydrogen-bond donors (Lipinski definition) is 0. The van der Waals surface area contributed by atoms with E-state index in [0.717, 1.165) is 0 Å². The quantitative estimate of drug-likeness (QED) is 0.627. The summed E-state index contributed by atoms with van der Waals surface area (Å²) in [4.78, 5) is 0.0618. The van der Waals surface area contributed by atoms with Crippen molar-refractivity contribution in [2.24, 2.45) is 0 Å². The van der Waals surface area contributed by atoms with Gasteiger partial charge in [0.25, 0.3) is 10.1 Å². The van der Waals surface area contributed by atoms with E-state index < -0.39 is 22.0 Å². The van der Waals surface area contributed by atoms with Crippen molar-refractivity contribution < 1.29 is 15.3 Å². The van der Waals surface area contributed by atoms with Crippen LogP contribution < -0.4 is 0 Å². The Morgan fingerprint density at radius 2 is 2.14 bits per heavy atom. The zero-order valence-electron chi connectivity index (χ0n) is 9.53. The maximum Gasteiger partial charge on any atom is 0.297 e. The molecule has 0 aromatic heterocycles. The molecule has 14 heavy (non-hydrogen) atoms. The fraction of sp³-hybridized carbons (Fsp3) is 0.333. The summed E-state index contributed by atoms with van der Waals surface area (Å²) in [5, 5.41) is -1.86. The van der Waals surface area contributed by atoms with Crippen molar-refractivity contribution in [1.82, 2.24) is 0 Å². The van der Waals surface area contributed by atoms with Gasteiger partial charge in [0.2, 0.25) is 0 Å². The number of halogens is 1. The minimum Gasteiger partial charge on any atom is -0.265 e. The third kappa shape index (κ3) is 2.80. The zero-order chi connectivity index (χ0) is 12.4. The van der Waals surface area contributed by atoms with Crippen LogP contribution in [0.15, 0.2) is 29.2 Å². The van der Waals surface area contributed by atoms with Crippen LogP contribution >= 0.6 is 15.9 Å². The van der Waals surface area contributed by atoms with Crippen LogP contribution in [0.1, 0.15) is 8.30 Å². The molecule has 5 heteroatoms. The highest BCUT2D eigenvalue weighted by molar-refractivity contribution is 9.09. The Morgan fingerprint density at radius 1 is 1.50 bits per heavy atom. The number of rotatable bonds is 4. The molecule has 3 nitrogen and oxygen atoms in total. The molecular weight excluding hydrogens is 268 g/mol. The Hall–Kier alpha value is -0.390. The molecule has 0 saturated carbocycles. The Kier molecular flexibility index (Phi) is 3.11. The Bertz CT molecular complexity index is 468. The molecular formula is C9H11BrO3S. The summed E-state index contributed by atoms with van der Waals surface area (Å²) in [6, 6.07) is 6.39. The monoisotopic (exact) mass is 280 g/mol. The van der Waals surface area contributed by atoms with Gasteiger partial charge in [-0.25, -0.2) is 0 Å². The van der Waals surface area contributed by atoms with Crippen LogP contribution in [0, 0.1) is 6.92 Å². The van der Waals surface area contributed by atoms with Gasteiger partial charge in [0, 0.05) is 8.02 Å². The van der Waals surface area contributed by atoms with Crippen LogP contribution in [0.3, 0.4) is 0 Å². The van der Waals surface area contributed by atoms with Crippen molar-refractivity contribution in [2.45, 2.75) is 11.8 Å². The summed E-state index contributed by atoms with van der Waals surface area (Å²) in [5.74, 6) is 0. The van der Waals surface area contributed by atoms with Crippen LogP contribution in [0.2, 0.25) is 0 Å². The Morgan fingerprint density at radius 3 is 2.71 bits per heavy atom. The van der Waals surface area contributed by atoms with Gasteiger partial charge >= 0.3 is 0 Å². The third-order valence-corrected chi connectivity index (χ3v) is 3.29. The van der Waals surface area contributed by atoms with E-state index in [1.54, 1.807) is 25.1 Å². The summed E-state index contributed by atoms with van der Waals surface area (Å²) < 4.78 is 42.2. The van der Waals surface area contributed by atoms with Gasteiger partial charge in [-0.3, -0.25) is 4.18 Å². The number of aryl methyl sites for hydroxylation is 1. The highest BCUT2D eigenvalue weighted by atomic mass is 79.9. The van der Waals surface area contributed by atoms with E-state index in [2.05, 4.69) is 20.1 Å². The SMILES string of the molecule is [2H]C([2H])(Br)COS(=O)(=O)c1ccccc1C. The fourth-order valence-electron chi connectivity index (χ4n) is 1.00. The van der Waals surface area contributed by atoms with E-state index in [1.807, 2.05) is 0 Å². The molecule has 0 fully saturated rings. The minimum atomic E-state index is -3.89. The van der Waals surface area contributed by atoms with Gasteiger partial charge in [-0.2, -0.15) is 8.42 Å². The van der Waals surface area contributed by atoms with Crippen LogP contribution in [0.4, 0.5) is 0 Å². The molecule has 0 atom stereocenters. The van der Waals surface area contributed by atoms with Crippen molar-refractivity contribution in [2.75, 3.05) is 11.9 Å². The van der Waals surface area contributed by atoms with Crippen LogP contribution in [0.5, 0.6) is 0 Å². The van der Waals surface area contributed by atoms with E-state index in [-0.39, 0.29) is 4.90 Å². The third-order valence-electron chi connectivity index (χ3n) is 1.63. The molecule has 0 aliphatic carbocycles. The topological polar surface area (TPSA) is 43.4 Å². The molecule has 0 aliphatic rings. The van der Waals surface area contributed by atoms with Gasteiger partial charge in [-0.05, 0) is 18.6 Å². The van der Waals surface area contributed by atoms with Gasteiger partial charge in [-0.1, -0.05) is 34.1 Å². The summed E-state index contributed by atoms with van der Waals surface area (Å²) in [5.41, 5.74) is 0.567. The van der Waals surface area contributed by atoms with Gasteiger partial charge < -0.3 is 0 Å². The lowest BCUT2D eigenvalue weighted by atomic mass is 10.2. The van der Waals surface area contributed by atoms with Crippen LogP contribution in [0.25, 0.3) is 0 Å². The molecule has 0 unspecified atom stereocenters. The fourth-order valence-corrected chi connectivity index (χ4v) is 2.31. The average Bonchev–Trinajstić information content (AvgIpc) is 2.14. The first kappa shape index (κ1) is 8.88. The predicted molar refractivity (Wildman–Crippen MR) is 58.1 cm³/mol. The van der Waals surface area contributed by atoms with Gasteiger partial charge in [0.1, 0.15) is 0 Å². The molecule has 1 aromatic rings. The molecule has 1 aromatic carbocycles. The first-order chi connectivity index (χ1) is 7.22. The second kappa shape index (κ2) is 4.91. The Labute approximate surface area is 95.2 Å². The lowest BCUT2D eigenvalue weighted by molar-refractivity contribution is 0.342. The number of benzene rings is 1. The van der Waals surface area contributed by atoms with E-state index >= 15 is 0 Å². The minimum absolute atomic E-state index is 0.0618. The number of alkyl halides is 1. The molecule has 0 spiro atoms. The number of hydrogen-bond acceptors (Lipinski definition) is 3. The van der Waals surface area contributed by atoms with E-state index in [9.17, 15) is 8.42 Å². The second-order valence-electron chi connectivity index (χ2n) is 2.62. The molecule has 78 valence electrons. The van der Waals surface area contributed by atoms with Crippen LogP contribution in [-0.4, -0.2) is 20.3 Å². The van der Waals surface area contributed by atoms with Crippen molar-refractivity contribution >= 4 is 26.0 Å². The van der Waals surface area contributed by atoms with Gasteiger partial charge in [-0.15, -0.1) is 0 Å². The largest absolute Gasteiger partial charge is 0.297 e. The molecule has 0 saturated heterocycles. The van der Waals surface area contributed by atoms with Crippen molar-refractivity contribution in [3.8, 4) is 0 Å². The molecule has 0 heterocycles. The lowest BCUT2D eigenvalue weighted by Crippen LogP contribution is -2.09. The molecule has 0 N–H and O–H groups in total. The highest BCUT2D eigenvalue weighted by Crippen LogP contribution is 2.16. The zero-order valence-corrected chi connectivity index (χ0v) is 9.93. The summed E-state index contributed by atoms with van der Waals surface area (Å²) >= 11 is 2.67. The second-order valence-corrected chi connectivity index (χ2v) is 4.76. The average molecular weight is 281 g/mol. The maximum absolute atomic E-state index is 11.7. The predicted octanol–water partition coefficient (Wildman–Crippen LogP) is 2.10. The summed E-state index contributed by atoms with van der Waals surface area (Å²) in [7, 11) is -3.89. The molecule has 1 rings (SSSR count). The maximum atomic E-state index is 11.7. The van der Waals surface area contributed by atoms with E-state index in [0.29, 0.717) is 5.56 Å². The highest BCUT2D eigenvalue weighted by Gasteiger charge is 2.16. The van der Waals surface area contributed by atoms with Crippen molar-refractivity contribution in [3.05, 3.63) is 29.8 Å². The van der Waals surface area contributed by atoms with E-state index in [4.69, 9.17) is 2.74 Å². The first-order valence-corrected chi connectivity index (χ1v) is 6.06. The van der Waals surface area contributed by atoms with Gasteiger partial charge in [0.05, 0.1) is 11.5 Å². The van der Waals surface area contributed by atoms with Crippen LogP contribution in [-0.2, 0) is 14.3 Å². The summed E-state index contributed by atoms with van der Waals surface area (Å²) in [6.07, 6.45) is 0. The molecule has 0 bridgehead atoms. The van der Waals surface area contributed by atoms with Gasteiger partial charge in [0.15, 0.2) is 0 Å². The lowest BCUT2D eigenvalue weighted by Gasteiger charge is -2.06. The molecule has 0 radical (unpaired) electrons. The smallest absolute Gasteiger partial charge is 0.265 e. The Balaban J connectivity index is 2.92. The van der Waals surface area contributed by atoms with E-state index in [1.165, 1.54) is 6.07 Å². The first-order valence-electron chi connectivity index (χ1n) is 4.86.